The Hall–Kier alpha value is -0.0500. The molecular weight excluding hydrogens is 322 g/mol. The van der Waals surface area contributed by atoms with Gasteiger partial charge in [-0.25, -0.2) is 0 Å². The fourth-order valence-corrected chi connectivity index (χ4v) is 3.83. The van der Waals surface area contributed by atoms with Gasteiger partial charge in [0, 0.05) is 15.5 Å². The van der Waals surface area contributed by atoms with Gasteiger partial charge >= 0.3 is 0 Å². The van der Waals surface area contributed by atoms with Gasteiger partial charge in [-0.2, -0.15) is 0 Å². The summed E-state index contributed by atoms with van der Waals surface area (Å²) in [5.41, 5.74) is 1.25. The Morgan fingerprint density at radius 2 is 2.05 bits per heavy atom. The molecular formula is C16H23BrClN. The minimum atomic E-state index is 0.543. The highest BCUT2D eigenvalue weighted by molar-refractivity contribution is 9.10. The van der Waals surface area contributed by atoms with Gasteiger partial charge in [0.05, 0.1) is 0 Å². The van der Waals surface area contributed by atoms with E-state index in [1.165, 1.54) is 44.1 Å². The van der Waals surface area contributed by atoms with Crippen LogP contribution in [0.1, 0.15) is 44.1 Å². The molecule has 0 radical (unpaired) electrons. The Bertz CT molecular complexity index is 402. The molecule has 3 heteroatoms. The molecule has 1 atom stereocenters. The molecule has 106 valence electrons. The molecule has 1 aromatic rings. The van der Waals surface area contributed by atoms with Crippen molar-refractivity contribution in [2.24, 2.45) is 5.92 Å². The van der Waals surface area contributed by atoms with Crippen molar-refractivity contribution < 1.29 is 0 Å². The van der Waals surface area contributed by atoms with E-state index in [4.69, 9.17) is 11.6 Å². The molecule has 1 aromatic carbocycles. The predicted octanol–water partition coefficient (Wildman–Crippen LogP) is 5.20. The lowest BCUT2D eigenvalue weighted by molar-refractivity contribution is 0.303. The van der Waals surface area contributed by atoms with Gasteiger partial charge in [0.25, 0.3) is 0 Å². The molecule has 1 saturated carbocycles. The van der Waals surface area contributed by atoms with Crippen molar-refractivity contribution in [3.8, 4) is 0 Å². The average molecular weight is 345 g/mol. The number of nitrogens with one attached hydrogen (secondary N) is 1. The summed E-state index contributed by atoms with van der Waals surface area (Å²) in [7, 11) is 2.07. The third kappa shape index (κ3) is 4.77. The molecule has 1 fully saturated rings. The highest BCUT2D eigenvalue weighted by Crippen LogP contribution is 2.29. The van der Waals surface area contributed by atoms with Gasteiger partial charge in [-0.3, -0.25) is 0 Å². The van der Waals surface area contributed by atoms with Crippen LogP contribution in [0.25, 0.3) is 0 Å². The van der Waals surface area contributed by atoms with Crippen molar-refractivity contribution in [3.63, 3.8) is 0 Å². The lowest BCUT2D eigenvalue weighted by Gasteiger charge is -2.26. The summed E-state index contributed by atoms with van der Waals surface area (Å²) in [6.45, 7) is 0. The van der Waals surface area contributed by atoms with Crippen LogP contribution in [0.5, 0.6) is 0 Å². The van der Waals surface area contributed by atoms with Crippen LogP contribution in [0, 0.1) is 5.92 Å². The summed E-state index contributed by atoms with van der Waals surface area (Å²) in [6, 6.07) is 6.75. The fraction of sp³-hybridized carbons (Fsp3) is 0.625. The van der Waals surface area contributed by atoms with Crippen LogP contribution in [-0.4, -0.2) is 13.1 Å². The van der Waals surface area contributed by atoms with Crippen molar-refractivity contribution in [1.82, 2.24) is 5.32 Å². The smallest absolute Gasteiger partial charge is 0.0449 e. The highest BCUT2D eigenvalue weighted by Gasteiger charge is 2.19. The maximum absolute atomic E-state index is 6.32. The van der Waals surface area contributed by atoms with Crippen molar-refractivity contribution in [3.05, 3.63) is 33.3 Å². The summed E-state index contributed by atoms with van der Waals surface area (Å²) >= 11 is 9.77. The number of halogens is 2. The Morgan fingerprint density at radius 1 is 1.32 bits per heavy atom. The van der Waals surface area contributed by atoms with E-state index in [1.807, 2.05) is 6.07 Å². The van der Waals surface area contributed by atoms with E-state index in [2.05, 4.69) is 40.4 Å². The Kier molecular flexibility index (Phi) is 6.18. The standard InChI is InChI=1S/C16H23BrClN/c1-19-15(9-12-5-3-2-4-6-12)10-13-7-8-14(17)11-16(13)18/h7-8,11-12,15,19H,2-6,9-10H2,1H3. The number of hydrogen-bond acceptors (Lipinski definition) is 1. The van der Waals surface area contributed by atoms with Gasteiger partial charge < -0.3 is 5.32 Å². The van der Waals surface area contributed by atoms with E-state index < -0.39 is 0 Å². The summed E-state index contributed by atoms with van der Waals surface area (Å²) in [5.74, 6) is 0.903. The quantitative estimate of drug-likeness (QED) is 0.773. The SMILES string of the molecule is CNC(Cc1ccc(Br)cc1Cl)CC1CCCCC1. The van der Waals surface area contributed by atoms with E-state index in [9.17, 15) is 0 Å². The zero-order valence-corrected chi connectivity index (χ0v) is 13.9. The first-order valence-corrected chi connectivity index (χ1v) is 8.47. The molecule has 1 aliphatic rings. The van der Waals surface area contributed by atoms with Gasteiger partial charge in [0.15, 0.2) is 0 Å². The molecule has 0 bridgehead atoms. The highest BCUT2D eigenvalue weighted by atomic mass is 79.9. The van der Waals surface area contributed by atoms with E-state index >= 15 is 0 Å². The van der Waals surface area contributed by atoms with Crippen LogP contribution in [0.15, 0.2) is 22.7 Å². The van der Waals surface area contributed by atoms with Crippen LogP contribution in [0.3, 0.4) is 0 Å². The lowest BCUT2D eigenvalue weighted by atomic mass is 9.83. The normalized spacial score (nSPS) is 18.5. The second-order valence-electron chi connectivity index (χ2n) is 5.67. The Morgan fingerprint density at radius 3 is 2.68 bits per heavy atom. The zero-order valence-electron chi connectivity index (χ0n) is 11.6. The molecule has 0 saturated heterocycles. The van der Waals surface area contributed by atoms with Gasteiger partial charge in [0.1, 0.15) is 0 Å². The first-order valence-electron chi connectivity index (χ1n) is 7.30. The number of benzene rings is 1. The molecule has 0 aromatic heterocycles. The third-order valence-corrected chi connectivity index (χ3v) is 5.08. The van der Waals surface area contributed by atoms with Gasteiger partial charge in [-0.15, -0.1) is 0 Å². The van der Waals surface area contributed by atoms with Crippen LogP contribution in [-0.2, 0) is 6.42 Å². The minimum Gasteiger partial charge on any atom is -0.317 e. The number of rotatable bonds is 5. The van der Waals surface area contributed by atoms with Gasteiger partial charge in [-0.05, 0) is 43.5 Å². The molecule has 1 unspecified atom stereocenters. The predicted molar refractivity (Wildman–Crippen MR) is 86.9 cm³/mol. The van der Waals surface area contributed by atoms with Crippen LogP contribution >= 0.6 is 27.5 Å². The first-order chi connectivity index (χ1) is 9.19. The van der Waals surface area contributed by atoms with E-state index in [0.29, 0.717) is 6.04 Å². The van der Waals surface area contributed by atoms with Crippen LogP contribution in [0.2, 0.25) is 5.02 Å². The fourth-order valence-electron chi connectivity index (χ4n) is 3.08. The van der Waals surface area contributed by atoms with Gasteiger partial charge in [-0.1, -0.05) is 65.7 Å². The Balaban J connectivity index is 1.94. The van der Waals surface area contributed by atoms with Crippen LogP contribution < -0.4 is 5.32 Å². The third-order valence-electron chi connectivity index (χ3n) is 4.23. The van der Waals surface area contributed by atoms with Crippen molar-refractivity contribution >= 4 is 27.5 Å². The maximum Gasteiger partial charge on any atom is 0.0449 e. The maximum atomic E-state index is 6.32. The van der Waals surface area contributed by atoms with Crippen molar-refractivity contribution in [1.29, 1.82) is 0 Å². The molecule has 2 rings (SSSR count). The summed E-state index contributed by atoms with van der Waals surface area (Å²) in [4.78, 5) is 0. The molecule has 1 nitrogen and oxygen atoms in total. The second kappa shape index (κ2) is 7.66. The van der Waals surface area contributed by atoms with E-state index in [-0.39, 0.29) is 0 Å². The second-order valence-corrected chi connectivity index (χ2v) is 6.99. The lowest BCUT2D eigenvalue weighted by Crippen LogP contribution is -2.30. The van der Waals surface area contributed by atoms with Crippen molar-refractivity contribution in [2.75, 3.05) is 7.05 Å². The Labute approximate surface area is 130 Å². The molecule has 0 heterocycles. The minimum absolute atomic E-state index is 0.543. The summed E-state index contributed by atoms with van der Waals surface area (Å²) < 4.78 is 1.05. The van der Waals surface area contributed by atoms with Crippen LogP contribution in [0.4, 0.5) is 0 Å². The topological polar surface area (TPSA) is 12.0 Å². The number of hydrogen-bond donors (Lipinski definition) is 1. The van der Waals surface area contributed by atoms with E-state index in [0.717, 1.165) is 21.8 Å². The molecule has 19 heavy (non-hydrogen) atoms. The first kappa shape index (κ1) is 15.3. The molecule has 0 amide bonds. The van der Waals surface area contributed by atoms with E-state index in [1.54, 1.807) is 0 Å². The monoisotopic (exact) mass is 343 g/mol. The van der Waals surface area contributed by atoms with Crippen molar-refractivity contribution in [2.45, 2.75) is 51.0 Å². The molecule has 1 aliphatic carbocycles. The van der Waals surface area contributed by atoms with Gasteiger partial charge in [0.2, 0.25) is 0 Å². The molecule has 1 N–H and O–H groups in total. The average Bonchev–Trinajstić information content (AvgIpc) is 2.42. The summed E-state index contributed by atoms with van der Waals surface area (Å²) in [5, 5.41) is 4.34. The largest absolute Gasteiger partial charge is 0.317 e. The molecule has 0 spiro atoms. The molecule has 0 aliphatic heterocycles. The zero-order chi connectivity index (χ0) is 13.7. The summed E-state index contributed by atoms with van der Waals surface area (Å²) in [6.07, 6.45) is 9.39. The number of likely N-dealkylation sites (N-methyl/N-ethyl adjacent to an activating group) is 1.